The second-order valence-electron chi connectivity index (χ2n) is 5.76. The molecule has 3 rings (SSSR count). The predicted molar refractivity (Wildman–Crippen MR) is 114 cm³/mol. The summed E-state index contributed by atoms with van der Waals surface area (Å²) in [5.74, 6) is 0.718. The Morgan fingerprint density at radius 1 is 1.15 bits per heavy atom. The van der Waals surface area contributed by atoms with Gasteiger partial charge in [-0.3, -0.25) is 9.69 Å². The highest BCUT2D eigenvalue weighted by molar-refractivity contribution is 8.27. The van der Waals surface area contributed by atoms with Gasteiger partial charge in [0.25, 0.3) is 5.91 Å². The van der Waals surface area contributed by atoms with Gasteiger partial charge in [-0.2, -0.15) is 0 Å². The Kier molecular flexibility index (Phi) is 6.35. The molecule has 134 valence electrons. The van der Waals surface area contributed by atoms with Crippen molar-refractivity contribution < 1.29 is 9.53 Å². The van der Waals surface area contributed by atoms with Gasteiger partial charge < -0.3 is 4.74 Å². The van der Waals surface area contributed by atoms with Crippen molar-refractivity contribution >= 4 is 57.6 Å². The Labute approximate surface area is 168 Å². The molecule has 0 atom stereocenters. The van der Waals surface area contributed by atoms with E-state index in [9.17, 15) is 4.79 Å². The molecule has 0 aliphatic carbocycles. The highest BCUT2D eigenvalue weighted by Crippen LogP contribution is 2.36. The van der Waals surface area contributed by atoms with Crippen molar-refractivity contribution in [2.75, 3.05) is 11.5 Å². The molecule has 1 aliphatic rings. The van der Waals surface area contributed by atoms with Gasteiger partial charge in [-0.05, 0) is 54.5 Å². The van der Waals surface area contributed by atoms with Gasteiger partial charge in [-0.1, -0.05) is 61.1 Å². The fourth-order valence-electron chi connectivity index (χ4n) is 2.43. The van der Waals surface area contributed by atoms with Crippen LogP contribution in [0.2, 0.25) is 5.02 Å². The van der Waals surface area contributed by atoms with Crippen LogP contribution in [-0.4, -0.2) is 16.8 Å². The average molecular weight is 404 g/mol. The van der Waals surface area contributed by atoms with E-state index in [0.29, 0.717) is 14.2 Å². The zero-order chi connectivity index (χ0) is 18.5. The highest BCUT2D eigenvalue weighted by Gasteiger charge is 2.33. The first-order chi connectivity index (χ1) is 12.6. The van der Waals surface area contributed by atoms with E-state index in [-0.39, 0.29) is 5.91 Å². The van der Waals surface area contributed by atoms with E-state index in [1.165, 1.54) is 16.7 Å². The first kappa shape index (κ1) is 19.0. The van der Waals surface area contributed by atoms with E-state index < -0.39 is 0 Å². The zero-order valence-corrected chi connectivity index (χ0v) is 16.7. The molecule has 1 saturated heterocycles. The van der Waals surface area contributed by atoms with Crippen LogP contribution in [0.3, 0.4) is 0 Å². The molecule has 0 radical (unpaired) electrons. The third-order valence-corrected chi connectivity index (χ3v) is 5.38. The number of ether oxygens (including phenoxy) is 1. The number of hydrogen-bond donors (Lipinski definition) is 0. The molecule has 1 fully saturated rings. The van der Waals surface area contributed by atoms with E-state index in [1.54, 1.807) is 24.3 Å². The molecule has 0 spiro atoms. The Bertz CT molecular complexity index is 832. The molecule has 26 heavy (non-hydrogen) atoms. The Morgan fingerprint density at radius 2 is 1.85 bits per heavy atom. The molecule has 0 aromatic heterocycles. The van der Waals surface area contributed by atoms with Gasteiger partial charge >= 0.3 is 0 Å². The van der Waals surface area contributed by atoms with Crippen LogP contribution >= 0.6 is 35.6 Å². The van der Waals surface area contributed by atoms with Crippen LogP contribution in [0.1, 0.15) is 25.3 Å². The van der Waals surface area contributed by atoms with Gasteiger partial charge in [0.15, 0.2) is 4.32 Å². The van der Waals surface area contributed by atoms with Gasteiger partial charge in [-0.15, -0.1) is 0 Å². The van der Waals surface area contributed by atoms with Crippen LogP contribution in [0.25, 0.3) is 6.08 Å². The summed E-state index contributed by atoms with van der Waals surface area (Å²) in [6.45, 7) is 2.85. The molecular formula is C20H18ClNO2S2. The summed E-state index contributed by atoms with van der Waals surface area (Å²) < 4.78 is 6.18. The fraction of sp³-hybridized carbons (Fsp3) is 0.200. The molecule has 1 amide bonds. The number of anilines is 1. The topological polar surface area (TPSA) is 29.5 Å². The van der Waals surface area contributed by atoms with Crippen molar-refractivity contribution in [1.82, 2.24) is 0 Å². The third-order valence-electron chi connectivity index (χ3n) is 3.82. The number of rotatable bonds is 6. The summed E-state index contributed by atoms with van der Waals surface area (Å²) in [7, 11) is 0. The lowest BCUT2D eigenvalue weighted by Gasteiger charge is -2.14. The molecule has 3 nitrogen and oxygen atoms in total. The maximum Gasteiger partial charge on any atom is 0.270 e. The molecule has 0 saturated carbocycles. The summed E-state index contributed by atoms with van der Waals surface area (Å²) in [6, 6.07) is 14.8. The van der Waals surface area contributed by atoms with Gasteiger partial charge in [0.05, 0.1) is 17.2 Å². The maximum atomic E-state index is 12.7. The summed E-state index contributed by atoms with van der Waals surface area (Å²) in [4.78, 5) is 14.9. The number of amides is 1. The van der Waals surface area contributed by atoms with Crippen molar-refractivity contribution in [3.8, 4) is 5.75 Å². The molecule has 0 bridgehead atoms. The highest BCUT2D eigenvalue weighted by atomic mass is 35.5. The first-order valence-electron chi connectivity index (χ1n) is 8.35. The molecule has 1 aliphatic heterocycles. The Hall–Kier alpha value is -1.82. The van der Waals surface area contributed by atoms with E-state index in [1.807, 2.05) is 30.3 Å². The molecule has 6 heteroatoms. The number of halogens is 1. The minimum Gasteiger partial charge on any atom is -0.494 e. The first-order valence-corrected chi connectivity index (χ1v) is 9.95. The molecule has 2 aromatic carbocycles. The number of nitrogens with zero attached hydrogens (tertiary/aromatic N) is 1. The SMILES string of the molecule is CCCCOc1ccc(C=C2SC(=S)N(c3ccc(Cl)cc3)C2=O)cc1. The largest absolute Gasteiger partial charge is 0.494 e. The van der Waals surface area contributed by atoms with E-state index in [4.69, 9.17) is 28.6 Å². The normalized spacial score (nSPS) is 15.8. The summed E-state index contributed by atoms with van der Waals surface area (Å²) in [5, 5.41) is 0.621. The number of thioether (sulfide) groups is 1. The van der Waals surface area contributed by atoms with Crippen molar-refractivity contribution in [3.05, 3.63) is 64.0 Å². The van der Waals surface area contributed by atoms with Crippen molar-refractivity contribution in [2.45, 2.75) is 19.8 Å². The quantitative estimate of drug-likeness (QED) is 0.340. The fourth-order valence-corrected chi connectivity index (χ4v) is 3.85. The molecule has 0 unspecified atom stereocenters. The summed E-state index contributed by atoms with van der Waals surface area (Å²) in [5.41, 5.74) is 1.66. The van der Waals surface area contributed by atoms with E-state index in [0.717, 1.165) is 36.4 Å². The third kappa shape index (κ3) is 4.47. The van der Waals surface area contributed by atoms with E-state index >= 15 is 0 Å². The average Bonchev–Trinajstić information content (AvgIpc) is 2.91. The van der Waals surface area contributed by atoms with Crippen molar-refractivity contribution in [3.63, 3.8) is 0 Å². The molecular weight excluding hydrogens is 386 g/mol. The van der Waals surface area contributed by atoms with Crippen LogP contribution < -0.4 is 9.64 Å². The van der Waals surface area contributed by atoms with Crippen LogP contribution in [0.15, 0.2) is 53.4 Å². The monoisotopic (exact) mass is 403 g/mol. The van der Waals surface area contributed by atoms with Crippen molar-refractivity contribution in [1.29, 1.82) is 0 Å². The molecule has 0 N–H and O–H groups in total. The number of thiocarbonyl (C=S) groups is 1. The molecule has 2 aromatic rings. The number of benzene rings is 2. The number of carbonyl (C=O) groups is 1. The standard InChI is InChI=1S/C20H18ClNO2S2/c1-2-3-12-24-17-10-4-14(5-11-17)13-18-19(23)22(20(25)26-18)16-8-6-15(21)7-9-16/h4-11,13H,2-3,12H2,1H3. The lowest BCUT2D eigenvalue weighted by Crippen LogP contribution is -2.27. The lowest BCUT2D eigenvalue weighted by molar-refractivity contribution is -0.113. The second kappa shape index (κ2) is 8.71. The summed E-state index contributed by atoms with van der Waals surface area (Å²) in [6.07, 6.45) is 3.99. The van der Waals surface area contributed by atoms with Gasteiger partial charge in [0, 0.05) is 5.02 Å². The number of carbonyl (C=O) groups excluding carboxylic acids is 1. The smallest absolute Gasteiger partial charge is 0.270 e. The van der Waals surface area contributed by atoms with Gasteiger partial charge in [0.2, 0.25) is 0 Å². The van der Waals surface area contributed by atoms with Crippen LogP contribution in [-0.2, 0) is 4.79 Å². The minimum absolute atomic E-state index is 0.120. The number of unbranched alkanes of at least 4 members (excludes halogenated alkanes) is 1. The minimum atomic E-state index is -0.120. The Morgan fingerprint density at radius 3 is 2.50 bits per heavy atom. The molecule has 1 heterocycles. The van der Waals surface area contributed by atoms with E-state index in [2.05, 4.69) is 6.92 Å². The van der Waals surface area contributed by atoms with Gasteiger partial charge in [-0.25, -0.2) is 0 Å². The maximum absolute atomic E-state index is 12.7. The van der Waals surface area contributed by atoms with Crippen LogP contribution in [0.4, 0.5) is 5.69 Å². The predicted octanol–water partition coefficient (Wildman–Crippen LogP) is 5.92. The Balaban J connectivity index is 1.74. The van der Waals surface area contributed by atoms with Crippen molar-refractivity contribution in [2.24, 2.45) is 0 Å². The van der Waals surface area contributed by atoms with Crippen LogP contribution in [0.5, 0.6) is 5.75 Å². The zero-order valence-electron chi connectivity index (χ0n) is 14.3. The summed E-state index contributed by atoms with van der Waals surface area (Å²) >= 11 is 12.6. The second-order valence-corrected chi connectivity index (χ2v) is 7.88. The number of hydrogen-bond acceptors (Lipinski definition) is 4. The van der Waals surface area contributed by atoms with Crippen LogP contribution in [0, 0.1) is 0 Å². The lowest BCUT2D eigenvalue weighted by atomic mass is 10.2. The van der Waals surface area contributed by atoms with Gasteiger partial charge in [0.1, 0.15) is 5.75 Å².